The Labute approximate surface area is 132 Å². The summed E-state index contributed by atoms with van der Waals surface area (Å²) in [4.78, 5) is 16.6. The van der Waals surface area contributed by atoms with Gasteiger partial charge in [-0.3, -0.25) is 4.79 Å². The van der Waals surface area contributed by atoms with Gasteiger partial charge in [0, 0.05) is 0 Å². The number of rotatable bonds is 5. The number of aryl methyl sites for hydroxylation is 1. The highest BCUT2D eigenvalue weighted by Gasteiger charge is 2.06. The van der Waals surface area contributed by atoms with E-state index in [0.29, 0.717) is 16.3 Å². The molecule has 0 aliphatic rings. The van der Waals surface area contributed by atoms with E-state index >= 15 is 0 Å². The maximum Gasteiger partial charge on any atom is 0.265 e. The summed E-state index contributed by atoms with van der Waals surface area (Å²) in [5.74, 6) is -0.700. The molecular formula is C16H14ClFN2O2. The molecule has 2 aromatic carbocycles. The Kier molecular flexibility index (Phi) is 5.49. The van der Waals surface area contributed by atoms with Gasteiger partial charge >= 0.3 is 0 Å². The quantitative estimate of drug-likeness (QED) is 0.673. The fourth-order valence-corrected chi connectivity index (χ4v) is 1.93. The molecule has 0 atom stereocenters. The van der Waals surface area contributed by atoms with Crippen molar-refractivity contribution in [3.05, 3.63) is 64.4 Å². The van der Waals surface area contributed by atoms with E-state index in [4.69, 9.17) is 16.4 Å². The number of benzene rings is 2. The second kappa shape index (κ2) is 7.56. The normalized spacial score (nSPS) is 10.7. The number of amides is 1. The number of hydrogen-bond donors (Lipinski definition) is 1. The van der Waals surface area contributed by atoms with Gasteiger partial charge in [-0.1, -0.05) is 35.0 Å². The molecule has 2 aromatic rings. The molecule has 0 aliphatic carbocycles. The molecule has 114 valence electrons. The number of carbonyl (C=O) groups is 1. The first-order chi connectivity index (χ1) is 10.5. The molecule has 0 spiro atoms. The van der Waals surface area contributed by atoms with Crippen molar-refractivity contribution in [2.75, 3.05) is 11.9 Å². The van der Waals surface area contributed by atoms with Crippen LogP contribution in [0.5, 0.6) is 0 Å². The molecule has 1 amide bonds. The van der Waals surface area contributed by atoms with Gasteiger partial charge in [-0.05, 0) is 42.3 Å². The van der Waals surface area contributed by atoms with Crippen LogP contribution < -0.4 is 5.32 Å². The molecule has 0 fully saturated rings. The minimum atomic E-state index is -0.373. The first kappa shape index (κ1) is 16.0. The number of anilines is 1. The van der Waals surface area contributed by atoms with Gasteiger partial charge in [0.05, 0.1) is 16.9 Å². The Balaban J connectivity index is 1.81. The second-order valence-corrected chi connectivity index (χ2v) is 5.00. The Morgan fingerprint density at radius 1 is 1.32 bits per heavy atom. The van der Waals surface area contributed by atoms with E-state index in [-0.39, 0.29) is 18.3 Å². The number of halogens is 2. The lowest BCUT2D eigenvalue weighted by Gasteiger charge is -2.07. The summed E-state index contributed by atoms with van der Waals surface area (Å²) in [6, 6.07) is 11.0. The van der Waals surface area contributed by atoms with Crippen LogP contribution in [0.2, 0.25) is 5.02 Å². The minimum Gasteiger partial charge on any atom is -0.386 e. The fourth-order valence-electron chi connectivity index (χ4n) is 1.65. The Morgan fingerprint density at radius 3 is 2.73 bits per heavy atom. The average Bonchev–Trinajstić information content (AvgIpc) is 2.48. The number of nitrogens with one attached hydrogen (secondary N) is 1. The highest BCUT2D eigenvalue weighted by atomic mass is 35.5. The average molecular weight is 321 g/mol. The van der Waals surface area contributed by atoms with Crippen molar-refractivity contribution in [1.29, 1.82) is 0 Å². The molecule has 0 heterocycles. The third-order valence-corrected chi connectivity index (χ3v) is 3.05. The maximum absolute atomic E-state index is 12.7. The topological polar surface area (TPSA) is 50.7 Å². The van der Waals surface area contributed by atoms with Crippen molar-refractivity contribution in [1.82, 2.24) is 0 Å². The van der Waals surface area contributed by atoms with Crippen molar-refractivity contribution >= 4 is 29.4 Å². The summed E-state index contributed by atoms with van der Waals surface area (Å²) in [5, 5.41) is 6.73. The predicted molar refractivity (Wildman–Crippen MR) is 84.8 cm³/mol. The zero-order valence-electron chi connectivity index (χ0n) is 11.8. The van der Waals surface area contributed by atoms with E-state index in [2.05, 4.69) is 10.5 Å². The number of carbonyl (C=O) groups excluding carboxylic acids is 1. The molecule has 0 radical (unpaired) electrons. The summed E-state index contributed by atoms with van der Waals surface area (Å²) in [5.41, 5.74) is 2.19. The van der Waals surface area contributed by atoms with E-state index in [1.165, 1.54) is 18.3 Å². The van der Waals surface area contributed by atoms with Crippen LogP contribution in [0.4, 0.5) is 10.1 Å². The van der Waals surface area contributed by atoms with Crippen molar-refractivity contribution in [3.63, 3.8) is 0 Å². The minimum absolute atomic E-state index is 0.248. The molecule has 1 N–H and O–H groups in total. The monoisotopic (exact) mass is 320 g/mol. The first-order valence-electron chi connectivity index (χ1n) is 6.51. The predicted octanol–water partition coefficient (Wildman–Crippen LogP) is 3.78. The van der Waals surface area contributed by atoms with Gasteiger partial charge in [-0.25, -0.2) is 4.39 Å². The largest absolute Gasteiger partial charge is 0.386 e. The SMILES string of the molecule is Cc1ccc(NC(=O)CO/N=C/c2ccc(F)cc2)c(Cl)c1. The molecule has 22 heavy (non-hydrogen) atoms. The van der Waals surface area contributed by atoms with Crippen molar-refractivity contribution in [2.24, 2.45) is 5.16 Å². The van der Waals surface area contributed by atoms with E-state index < -0.39 is 0 Å². The van der Waals surface area contributed by atoms with E-state index in [1.54, 1.807) is 24.3 Å². The molecular weight excluding hydrogens is 307 g/mol. The summed E-state index contributed by atoms with van der Waals surface area (Å²) < 4.78 is 12.7. The smallest absolute Gasteiger partial charge is 0.265 e. The Hall–Kier alpha value is -2.40. The van der Waals surface area contributed by atoms with Gasteiger partial charge < -0.3 is 10.2 Å². The van der Waals surface area contributed by atoms with Gasteiger partial charge in [0.1, 0.15) is 5.82 Å². The van der Waals surface area contributed by atoms with Crippen LogP contribution in [-0.2, 0) is 9.63 Å². The third-order valence-electron chi connectivity index (χ3n) is 2.74. The second-order valence-electron chi connectivity index (χ2n) is 4.59. The van der Waals surface area contributed by atoms with Crippen LogP contribution >= 0.6 is 11.6 Å². The Morgan fingerprint density at radius 2 is 2.05 bits per heavy atom. The van der Waals surface area contributed by atoms with Crippen molar-refractivity contribution in [3.8, 4) is 0 Å². The summed E-state index contributed by atoms with van der Waals surface area (Å²) in [6.07, 6.45) is 1.39. The van der Waals surface area contributed by atoms with Crippen LogP contribution in [0.3, 0.4) is 0 Å². The maximum atomic E-state index is 12.7. The Bertz CT molecular complexity index is 687. The van der Waals surface area contributed by atoms with Gasteiger partial charge in [-0.15, -0.1) is 0 Å². The highest BCUT2D eigenvalue weighted by Crippen LogP contribution is 2.22. The lowest BCUT2D eigenvalue weighted by molar-refractivity contribution is -0.120. The van der Waals surface area contributed by atoms with Crippen molar-refractivity contribution in [2.45, 2.75) is 6.92 Å². The molecule has 0 aromatic heterocycles. The van der Waals surface area contributed by atoms with Gasteiger partial charge in [0.25, 0.3) is 5.91 Å². The first-order valence-corrected chi connectivity index (χ1v) is 6.89. The van der Waals surface area contributed by atoms with Gasteiger partial charge in [0.15, 0.2) is 6.61 Å². The third kappa shape index (κ3) is 4.86. The van der Waals surface area contributed by atoms with Crippen LogP contribution in [0, 0.1) is 12.7 Å². The molecule has 4 nitrogen and oxygen atoms in total. The van der Waals surface area contributed by atoms with Crippen LogP contribution in [0.1, 0.15) is 11.1 Å². The van der Waals surface area contributed by atoms with Crippen LogP contribution in [0.25, 0.3) is 0 Å². The standard InChI is InChI=1S/C16H14ClFN2O2/c1-11-2-7-15(14(17)8-11)20-16(21)10-22-19-9-12-3-5-13(18)6-4-12/h2-9H,10H2,1H3,(H,20,21)/b19-9+. The van der Waals surface area contributed by atoms with Gasteiger partial charge in [-0.2, -0.15) is 0 Å². The summed E-state index contributed by atoms with van der Waals surface area (Å²) in [6.45, 7) is 1.66. The summed E-state index contributed by atoms with van der Waals surface area (Å²) >= 11 is 6.01. The highest BCUT2D eigenvalue weighted by molar-refractivity contribution is 6.33. The van der Waals surface area contributed by atoms with Crippen LogP contribution in [-0.4, -0.2) is 18.7 Å². The lowest BCUT2D eigenvalue weighted by atomic mass is 10.2. The molecule has 6 heteroatoms. The molecule has 0 unspecified atom stereocenters. The summed E-state index contributed by atoms with van der Waals surface area (Å²) in [7, 11) is 0. The molecule has 0 saturated heterocycles. The van der Waals surface area contributed by atoms with E-state index in [9.17, 15) is 9.18 Å². The fraction of sp³-hybridized carbons (Fsp3) is 0.125. The molecule has 0 saturated carbocycles. The molecule has 0 aliphatic heterocycles. The van der Waals surface area contributed by atoms with Crippen LogP contribution in [0.15, 0.2) is 47.6 Å². The molecule has 2 rings (SSSR count). The molecule has 0 bridgehead atoms. The lowest BCUT2D eigenvalue weighted by Crippen LogP contribution is -2.17. The van der Waals surface area contributed by atoms with Crippen molar-refractivity contribution < 1.29 is 14.0 Å². The number of oxime groups is 1. The zero-order valence-corrected chi connectivity index (χ0v) is 12.6. The van der Waals surface area contributed by atoms with Gasteiger partial charge in [0.2, 0.25) is 0 Å². The van der Waals surface area contributed by atoms with E-state index in [1.807, 2.05) is 13.0 Å². The number of nitrogens with zero attached hydrogens (tertiary/aromatic N) is 1. The zero-order chi connectivity index (χ0) is 15.9. The van der Waals surface area contributed by atoms with E-state index in [0.717, 1.165) is 5.56 Å². The number of hydrogen-bond acceptors (Lipinski definition) is 3.